The Hall–Kier alpha value is 0.752. The minimum atomic E-state index is -0.160. The van der Waals surface area contributed by atoms with Crippen LogP contribution in [0.4, 0.5) is 0 Å². The van der Waals surface area contributed by atoms with Crippen LogP contribution >= 0.6 is 0 Å². The third-order valence-corrected chi connectivity index (χ3v) is 17.3. The number of hydrogen-bond donors (Lipinski definition) is 0. The molecule has 0 saturated carbocycles. The van der Waals surface area contributed by atoms with Gasteiger partial charge in [0, 0.05) is 393 Å². The number of rotatable bonds is 8. The van der Waals surface area contributed by atoms with Gasteiger partial charge in [-0.2, -0.15) is 291 Å². The minimum absolute atomic E-state index is 0. The van der Waals surface area contributed by atoms with Gasteiger partial charge in [-0.05, 0) is 84.5 Å². The molecule has 694 valence electrons. The van der Waals surface area contributed by atoms with E-state index < -0.39 is 0 Å². The van der Waals surface area contributed by atoms with E-state index in [4.69, 9.17) is 9.31 Å². The summed E-state index contributed by atoms with van der Waals surface area (Å²) in [5.74, 6) is 0. The average molecular weight is 2730 g/mol. The van der Waals surface area contributed by atoms with Crippen molar-refractivity contribution in [2.45, 2.75) is 184 Å². The summed E-state index contributed by atoms with van der Waals surface area (Å²) in [6.07, 6.45) is 0. The van der Waals surface area contributed by atoms with Gasteiger partial charge in [-0.3, -0.25) is 0 Å². The molecule has 2 nitrogen and oxygen atoms in total. The summed E-state index contributed by atoms with van der Waals surface area (Å²) in [6, 6.07) is 167. The van der Waals surface area contributed by atoms with Crippen LogP contribution in [0.15, 0.2) is 388 Å². The molecule has 1 heterocycles. The van der Waals surface area contributed by atoms with Crippen molar-refractivity contribution < 1.29 is 402 Å². The van der Waals surface area contributed by atoms with Crippen LogP contribution in [-0.2, 0) is 402 Å². The van der Waals surface area contributed by atoms with E-state index in [2.05, 4.69) is 213 Å². The normalized spacial score (nSPS) is 9.56. The van der Waals surface area contributed by atoms with Crippen molar-refractivity contribution in [1.82, 2.24) is 0 Å². The van der Waals surface area contributed by atoms with Crippen LogP contribution < -0.4 is 0 Å². The van der Waals surface area contributed by atoms with E-state index in [1.807, 2.05) is 421 Å². The van der Waals surface area contributed by atoms with Crippen LogP contribution in [0, 0.1) is 100 Å². The van der Waals surface area contributed by atoms with Gasteiger partial charge in [-0.15, -0.1) is 72.8 Å². The molecule has 1 aliphatic heterocycles. The maximum absolute atomic E-state index is 5.54. The third kappa shape index (κ3) is 71.5. The van der Waals surface area contributed by atoms with Crippen LogP contribution in [0.5, 0.6) is 0 Å². The summed E-state index contributed by atoms with van der Waals surface area (Å²) in [7, 11) is -0.0648. The molecular formula is C123H139BO2Y12-12. The Balaban J connectivity index is -0.000000126. The molecule has 17 rings (SSSR count). The smallest absolute Gasteiger partial charge is 0.403 e. The fourth-order valence-electron chi connectivity index (χ4n) is 11.4. The van der Waals surface area contributed by atoms with E-state index in [1.165, 1.54) is 44.5 Å². The Labute approximate surface area is 1140 Å². The molecule has 1 saturated heterocycles. The summed E-state index contributed by atoms with van der Waals surface area (Å²) < 4.78 is 11.1. The van der Waals surface area contributed by atoms with Gasteiger partial charge in [-0.25, -0.2) is 66.8 Å². The summed E-state index contributed by atoms with van der Waals surface area (Å²) >= 11 is 0. The molecular weight excluding hydrogens is 2590 g/mol. The molecule has 0 bridgehead atoms. The van der Waals surface area contributed by atoms with Gasteiger partial charge >= 0.3 is 7.12 Å². The molecule has 1 fully saturated rings. The summed E-state index contributed by atoms with van der Waals surface area (Å²) in [6.45, 7) is 50.7. The number of benzene rings is 16. The third-order valence-electron chi connectivity index (χ3n) is 17.3. The zero-order valence-corrected chi connectivity index (χ0v) is 121. The monoisotopic (exact) mass is 2730 g/mol. The van der Waals surface area contributed by atoms with Crippen molar-refractivity contribution in [2.24, 2.45) is 0 Å². The van der Waals surface area contributed by atoms with Gasteiger partial charge in [0.2, 0.25) is 0 Å². The molecule has 16 aromatic rings. The molecule has 0 atom stereocenters. The Bertz CT molecular complexity index is 4190. The molecule has 0 unspecified atom stereocenters. The molecule has 0 aliphatic carbocycles. The second-order valence-corrected chi connectivity index (χ2v) is 26.6. The average Bonchev–Trinajstić information content (AvgIpc) is 1.64. The van der Waals surface area contributed by atoms with Gasteiger partial charge in [0.05, 0.1) is 11.2 Å². The predicted octanol–water partition coefficient (Wildman–Crippen LogP) is 35.6. The van der Waals surface area contributed by atoms with Crippen molar-refractivity contribution in [3.63, 3.8) is 0 Å². The fourth-order valence-corrected chi connectivity index (χ4v) is 11.4. The minimum Gasteiger partial charge on any atom is -0.403 e. The Morgan fingerprint density at radius 2 is 0.283 bits per heavy atom. The molecule has 12 radical (unpaired) electrons. The van der Waals surface area contributed by atoms with Crippen LogP contribution in [0.2, 0.25) is 6.82 Å². The van der Waals surface area contributed by atoms with Crippen molar-refractivity contribution in [2.75, 3.05) is 0 Å². The molecule has 15 heteroatoms. The molecule has 0 spiro atoms. The largest absolute Gasteiger partial charge is 0.454 e. The summed E-state index contributed by atoms with van der Waals surface area (Å²) in [4.78, 5) is 0. The van der Waals surface area contributed by atoms with Crippen LogP contribution in [0.3, 0.4) is 0 Å². The van der Waals surface area contributed by atoms with Gasteiger partial charge in [0.25, 0.3) is 0 Å². The Kier molecular flexibility index (Phi) is 129. The number of hydrogen-bond acceptors (Lipinski definition) is 2. The number of aryl methyl sites for hydroxylation is 4. The van der Waals surface area contributed by atoms with Crippen molar-refractivity contribution in [3.8, 4) is 89.0 Å². The van der Waals surface area contributed by atoms with Gasteiger partial charge in [-0.1, -0.05) is 230 Å². The van der Waals surface area contributed by atoms with Crippen molar-refractivity contribution in [3.05, 3.63) is 483 Å². The first-order valence-electron chi connectivity index (χ1n) is 44.9. The quantitative estimate of drug-likeness (QED) is 0.112. The Morgan fingerprint density at radius 1 is 0.167 bits per heavy atom. The van der Waals surface area contributed by atoms with E-state index >= 15 is 0 Å². The maximum atomic E-state index is 5.54. The maximum Gasteiger partial charge on any atom is 0.454 e. The molecule has 16 aromatic carbocycles. The Morgan fingerprint density at radius 3 is 0.377 bits per heavy atom. The standard InChI is InChI=1S/2C14H14.6C12H8.C7H15BO2.8C2H6.12Y/c2*1-11-8-12(2)10-14(9-11)13-6-4-3-5-7-13;6*1-3-7-11(8-4-1)12-9-5-2-6-10-12;1-6(2)7(3,4)10-8(5)9-6;8*1-2;;;;;;;;;;;;/h2*3-10H,1-2H3;6*1-7,9H;1-5H3;8*1-2H3;;;;;;;;;;;;/q;;6*-2;;;;;;;;;;;;;;;;;;;;;. The van der Waals surface area contributed by atoms with E-state index in [1.54, 1.807) is 0 Å². The van der Waals surface area contributed by atoms with Gasteiger partial charge in [0.15, 0.2) is 0 Å². The molecule has 0 amide bonds. The zero-order chi connectivity index (χ0) is 93.3. The topological polar surface area (TPSA) is 18.5 Å². The molecule has 0 aromatic heterocycles. The van der Waals surface area contributed by atoms with E-state index in [0.717, 1.165) is 66.8 Å². The molecule has 1 aliphatic rings. The fraction of sp³-hybridized carbons (Fsp3) is 0.220. The van der Waals surface area contributed by atoms with Crippen LogP contribution in [-0.4, -0.2) is 18.3 Å². The van der Waals surface area contributed by atoms with Gasteiger partial charge < -0.3 is 9.31 Å². The van der Waals surface area contributed by atoms with Crippen LogP contribution in [0.1, 0.15) is 161 Å². The van der Waals surface area contributed by atoms with E-state index in [-0.39, 0.29) is 411 Å². The molecule has 0 N–H and O–H groups in total. The predicted molar refractivity (Wildman–Crippen MR) is 553 cm³/mol. The second-order valence-electron chi connectivity index (χ2n) is 26.6. The van der Waals surface area contributed by atoms with E-state index in [9.17, 15) is 0 Å². The van der Waals surface area contributed by atoms with Crippen LogP contribution in [0.25, 0.3) is 89.0 Å². The van der Waals surface area contributed by atoms with Gasteiger partial charge in [0.1, 0.15) is 0 Å². The van der Waals surface area contributed by atoms with Crippen molar-refractivity contribution in [1.29, 1.82) is 0 Å². The van der Waals surface area contributed by atoms with E-state index in [0.29, 0.717) is 0 Å². The molecule has 138 heavy (non-hydrogen) atoms. The van der Waals surface area contributed by atoms with Crippen molar-refractivity contribution >= 4 is 7.12 Å². The first-order valence-corrected chi connectivity index (χ1v) is 44.9. The second kappa shape index (κ2) is 109. The zero-order valence-electron chi connectivity index (χ0n) is 87.3. The summed E-state index contributed by atoms with van der Waals surface area (Å²) in [5, 5.41) is 0. The first kappa shape index (κ1) is 164. The summed E-state index contributed by atoms with van der Waals surface area (Å²) in [5.41, 5.74) is 23.3. The first-order chi connectivity index (χ1) is 61.7. The SMILES string of the molecule is CB1OC(C)(C)C(C)(C)O1.CC.CC.CC.CC.CC.CC.CC.CC.Cc1cc(C)cc(-c2ccccc2)c1.Cc1cc(C)cc(-c2ccccc2)c1.[Y].[Y].[Y].[Y].[Y].[Y].[Y].[Y].[Y].[Y].[Y].[Y].[c-]1ccccc1-c1[c-]cccc1.[c-]1ccccc1-c1[c-]cccc1.[c-]1ccccc1-c1[c-]cccc1.[c-]1ccccc1-c1[c-]cccc1.[c-]1ccccc1-c1[c-]cccc1.[c-]1ccccc1-c1[c-]cccc1.